The van der Waals surface area contributed by atoms with Gasteiger partial charge in [0.2, 0.25) is 0 Å². The first-order valence-corrected chi connectivity index (χ1v) is 5.60. The van der Waals surface area contributed by atoms with Gasteiger partial charge in [0, 0.05) is 25.4 Å². The molecule has 0 bridgehead atoms. The molecule has 1 aromatic rings. The summed E-state index contributed by atoms with van der Waals surface area (Å²) < 4.78 is 7.26. The van der Waals surface area contributed by atoms with Gasteiger partial charge in [-0.05, 0) is 25.8 Å². The average Bonchev–Trinajstić information content (AvgIpc) is 2.79. The molecule has 84 valence electrons. The van der Waals surface area contributed by atoms with Crippen molar-refractivity contribution in [2.75, 3.05) is 19.8 Å². The summed E-state index contributed by atoms with van der Waals surface area (Å²) in [5.74, 6) is 0. The average molecular weight is 210 g/mol. The van der Waals surface area contributed by atoms with E-state index in [1.165, 1.54) is 12.8 Å². The molecule has 5 nitrogen and oxygen atoms in total. The van der Waals surface area contributed by atoms with E-state index in [1.54, 1.807) is 6.20 Å². The minimum atomic E-state index is 0.550. The van der Waals surface area contributed by atoms with E-state index >= 15 is 0 Å². The van der Waals surface area contributed by atoms with E-state index in [0.717, 1.165) is 32.7 Å². The predicted molar refractivity (Wildman–Crippen MR) is 56.5 cm³/mol. The van der Waals surface area contributed by atoms with Crippen molar-refractivity contribution in [1.82, 2.24) is 20.3 Å². The molecule has 0 spiro atoms. The number of nitrogens with zero attached hydrogens (tertiary/aromatic N) is 3. The Bertz CT molecular complexity index is 256. The molecule has 1 atom stereocenters. The van der Waals surface area contributed by atoms with E-state index in [4.69, 9.17) is 4.74 Å². The number of aromatic nitrogens is 3. The zero-order valence-corrected chi connectivity index (χ0v) is 8.93. The van der Waals surface area contributed by atoms with Crippen LogP contribution in [0.3, 0.4) is 0 Å². The number of nitrogens with one attached hydrogen (secondary N) is 1. The molecule has 1 aliphatic rings. The van der Waals surface area contributed by atoms with Gasteiger partial charge in [-0.15, -0.1) is 5.10 Å². The molecule has 0 radical (unpaired) electrons. The molecule has 15 heavy (non-hydrogen) atoms. The van der Waals surface area contributed by atoms with Crippen molar-refractivity contribution >= 4 is 0 Å². The highest BCUT2D eigenvalue weighted by atomic mass is 16.5. The van der Waals surface area contributed by atoms with Crippen LogP contribution in [0.25, 0.3) is 0 Å². The molecule has 1 fully saturated rings. The third-order valence-electron chi connectivity index (χ3n) is 2.63. The van der Waals surface area contributed by atoms with Crippen molar-refractivity contribution in [3.63, 3.8) is 0 Å². The van der Waals surface area contributed by atoms with Crippen molar-refractivity contribution in [1.29, 1.82) is 0 Å². The smallest absolute Gasteiger partial charge is 0.0692 e. The summed E-state index contributed by atoms with van der Waals surface area (Å²) in [6.45, 7) is 3.74. The van der Waals surface area contributed by atoms with Crippen LogP contribution in [0.2, 0.25) is 0 Å². The van der Waals surface area contributed by atoms with E-state index in [1.807, 2.05) is 10.9 Å². The van der Waals surface area contributed by atoms with Gasteiger partial charge in [-0.3, -0.25) is 4.68 Å². The molecule has 0 aliphatic carbocycles. The number of hydrogen-bond donors (Lipinski definition) is 1. The lowest BCUT2D eigenvalue weighted by Gasteiger charge is -2.23. The molecular formula is C10H18N4O. The second-order valence-corrected chi connectivity index (χ2v) is 3.89. The van der Waals surface area contributed by atoms with Crippen molar-refractivity contribution in [2.45, 2.75) is 31.8 Å². The standard InChI is InChI=1S/C10H18N4O/c1-3-10(9-15-8-1)11-4-2-6-14-7-5-12-13-14/h5,7,10-11H,1-4,6,8-9H2. The first kappa shape index (κ1) is 10.6. The lowest BCUT2D eigenvalue weighted by molar-refractivity contribution is 0.0704. The van der Waals surface area contributed by atoms with E-state index in [2.05, 4.69) is 15.6 Å². The summed E-state index contributed by atoms with van der Waals surface area (Å²) in [4.78, 5) is 0. The minimum Gasteiger partial charge on any atom is -0.380 e. The van der Waals surface area contributed by atoms with Gasteiger partial charge in [0.15, 0.2) is 0 Å². The third-order valence-corrected chi connectivity index (χ3v) is 2.63. The molecule has 0 aromatic carbocycles. The Labute approximate surface area is 89.8 Å². The fraction of sp³-hybridized carbons (Fsp3) is 0.800. The molecule has 1 unspecified atom stereocenters. The van der Waals surface area contributed by atoms with Gasteiger partial charge >= 0.3 is 0 Å². The number of aryl methyl sites for hydroxylation is 1. The third kappa shape index (κ3) is 3.60. The van der Waals surface area contributed by atoms with Gasteiger partial charge in [-0.25, -0.2) is 0 Å². The summed E-state index contributed by atoms with van der Waals surface area (Å²) in [6, 6.07) is 0.550. The van der Waals surface area contributed by atoms with Gasteiger partial charge in [-0.2, -0.15) is 0 Å². The van der Waals surface area contributed by atoms with Gasteiger partial charge in [0.05, 0.1) is 12.8 Å². The summed E-state index contributed by atoms with van der Waals surface area (Å²) in [5.41, 5.74) is 0. The van der Waals surface area contributed by atoms with Crippen molar-refractivity contribution in [2.24, 2.45) is 0 Å². The van der Waals surface area contributed by atoms with E-state index < -0.39 is 0 Å². The van der Waals surface area contributed by atoms with Crippen LogP contribution in [-0.2, 0) is 11.3 Å². The van der Waals surface area contributed by atoms with Crippen LogP contribution in [0.1, 0.15) is 19.3 Å². The fourth-order valence-electron chi connectivity index (χ4n) is 1.80. The summed E-state index contributed by atoms with van der Waals surface area (Å²) in [6.07, 6.45) is 7.11. The first-order valence-electron chi connectivity index (χ1n) is 5.60. The Balaban J connectivity index is 1.54. The fourth-order valence-corrected chi connectivity index (χ4v) is 1.80. The Kier molecular flexibility index (Phi) is 4.11. The maximum absolute atomic E-state index is 5.39. The quantitative estimate of drug-likeness (QED) is 0.716. The van der Waals surface area contributed by atoms with Crippen LogP contribution >= 0.6 is 0 Å². The second-order valence-electron chi connectivity index (χ2n) is 3.89. The zero-order valence-electron chi connectivity index (χ0n) is 8.93. The van der Waals surface area contributed by atoms with Crippen LogP contribution in [0.5, 0.6) is 0 Å². The lowest BCUT2D eigenvalue weighted by atomic mass is 10.1. The number of rotatable bonds is 5. The first-order chi connectivity index (χ1) is 7.45. The molecule has 1 aliphatic heterocycles. The molecule has 1 saturated heterocycles. The van der Waals surface area contributed by atoms with Crippen LogP contribution in [0.15, 0.2) is 12.4 Å². The molecule has 1 N–H and O–H groups in total. The highest BCUT2D eigenvalue weighted by Crippen LogP contribution is 2.05. The molecule has 2 heterocycles. The molecule has 5 heteroatoms. The minimum absolute atomic E-state index is 0.550. The predicted octanol–water partition coefficient (Wildman–Crippen LogP) is 0.437. The van der Waals surface area contributed by atoms with Gasteiger partial charge in [0.1, 0.15) is 0 Å². The molecule has 1 aromatic heterocycles. The number of hydrogen-bond acceptors (Lipinski definition) is 4. The maximum Gasteiger partial charge on any atom is 0.0692 e. The molecule has 0 saturated carbocycles. The monoisotopic (exact) mass is 210 g/mol. The summed E-state index contributed by atoms with van der Waals surface area (Å²) in [5, 5.41) is 11.2. The van der Waals surface area contributed by atoms with E-state index in [9.17, 15) is 0 Å². The van der Waals surface area contributed by atoms with Gasteiger partial charge < -0.3 is 10.1 Å². The van der Waals surface area contributed by atoms with Crippen LogP contribution in [-0.4, -0.2) is 40.8 Å². The summed E-state index contributed by atoms with van der Waals surface area (Å²) >= 11 is 0. The van der Waals surface area contributed by atoms with Crippen molar-refractivity contribution < 1.29 is 4.74 Å². The maximum atomic E-state index is 5.39. The Morgan fingerprint density at radius 2 is 2.53 bits per heavy atom. The SMILES string of the molecule is c1cn(CCCNC2CCCOC2)nn1. The van der Waals surface area contributed by atoms with Crippen molar-refractivity contribution in [3.8, 4) is 0 Å². The van der Waals surface area contributed by atoms with Crippen LogP contribution < -0.4 is 5.32 Å². The van der Waals surface area contributed by atoms with E-state index in [0.29, 0.717) is 6.04 Å². The topological polar surface area (TPSA) is 52.0 Å². The molecular weight excluding hydrogens is 192 g/mol. The van der Waals surface area contributed by atoms with Crippen LogP contribution in [0.4, 0.5) is 0 Å². The summed E-state index contributed by atoms with van der Waals surface area (Å²) in [7, 11) is 0. The second kappa shape index (κ2) is 5.82. The van der Waals surface area contributed by atoms with Gasteiger partial charge in [-0.1, -0.05) is 5.21 Å². The molecule has 0 amide bonds. The highest BCUT2D eigenvalue weighted by molar-refractivity contribution is 4.70. The Hall–Kier alpha value is -0.940. The largest absolute Gasteiger partial charge is 0.380 e. The van der Waals surface area contributed by atoms with Crippen molar-refractivity contribution in [3.05, 3.63) is 12.4 Å². The zero-order chi connectivity index (χ0) is 10.3. The normalized spacial score (nSPS) is 21.7. The number of ether oxygens (including phenoxy) is 1. The lowest BCUT2D eigenvalue weighted by Crippen LogP contribution is -2.37. The Morgan fingerprint density at radius 3 is 3.27 bits per heavy atom. The van der Waals surface area contributed by atoms with Gasteiger partial charge in [0.25, 0.3) is 0 Å². The Morgan fingerprint density at radius 1 is 1.53 bits per heavy atom. The molecule has 2 rings (SSSR count). The van der Waals surface area contributed by atoms with Crippen LogP contribution in [0, 0.1) is 0 Å². The van der Waals surface area contributed by atoms with E-state index in [-0.39, 0.29) is 0 Å². The highest BCUT2D eigenvalue weighted by Gasteiger charge is 2.11.